The molecule has 1 nitrogen and oxygen atoms in total. The van der Waals surface area contributed by atoms with Crippen LogP contribution < -0.4 is 5.73 Å². The fraction of sp³-hybridized carbons (Fsp3) is 0.333. The van der Waals surface area contributed by atoms with Gasteiger partial charge in [0.1, 0.15) is 0 Å². The fourth-order valence-corrected chi connectivity index (χ4v) is 2.81. The summed E-state index contributed by atoms with van der Waals surface area (Å²) in [4.78, 5) is 0. The van der Waals surface area contributed by atoms with Gasteiger partial charge in [-0.3, -0.25) is 0 Å². The molecule has 0 aromatic heterocycles. The molecule has 0 fully saturated rings. The van der Waals surface area contributed by atoms with Crippen molar-refractivity contribution in [2.45, 2.75) is 32.2 Å². The molecule has 1 aliphatic carbocycles. The normalized spacial score (nSPS) is 15.6. The molecule has 0 saturated heterocycles. The lowest BCUT2D eigenvalue weighted by atomic mass is 9.95. The van der Waals surface area contributed by atoms with Crippen LogP contribution in [-0.2, 0) is 12.8 Å². The highest BCUT2D eigenvalue weighted by molar-refractivity contribution is 5.93. The molecule has 0 spiro atoms. The molecule has 0 bridgehead atoms. The Labute approximate surface area is 96.3 Å². The third-order valence-electron chi connectivity index (χ3n) is 3.75. The van der Waals surface area contributed by atoms with E-state index >= 15 is 0 Å². The highest BCUT2D eigenvalue weighted by Gasteiger charge is 2.17. The summed E-state index contributed by atoms with van der Waals surface area (Å²) < 4.78 is 0. The van der Waals surface area contributed by atoms with E-state index in [0.717, 1.165) is 6.42 Å². The first-order valence-electron chi connectivity index (χ1n) is 6.10. The maximum absolute atomic E-state index is 6.18. The molecule has 16 heavy (non-hydrogen) atoms. The minimum atomic E-state index is 0.171. The lowest BCUT2D eigenvalue weighted by Crippen LogP contribution is -2.09. The predicted octanol–water partition coefficient (Wildman–Crippen LogP) is 3.35. The van der Waals surface area contributed by atoms with Gasteiger partial charge in [0.05, 0.1) is 0 Å². The summed E-state index contributed by atoms with van der Waals surface area (Å²) in [6, 6.07) is 11.3. The second kappa shape index (κ2) is 3.60. The van der Waals surface area contributed by atoms with Crippen molar-refractivity contribution < 1.29 is 0 Å². The van der Waals surface area contributed by atoms with Crippen LogP contribution in [0.2, 0.25) is 0 Å². The molecule has 0 amide bonds. The van der Waals surface area contributed by atoms with E-state index in [2.05, 4.69) is 37.3 Å². The summed E-state index contributed by atoms with van der Waals surface area (Å²) in [5, 5.41) is 2.85. The van der Waals surface area contributed by atoms with E-state index in [0.29, 0.717) is 0 Å². The Bertz CT molecular complexity index is 532. The molecule has 0 saturated carbocycles. The number of benzene rings is 2. The van der Waals surface area contributed by atoms with Crippen molar-refractivity contribution in [3.05, 3.63) is 47.0 Å². The first-order valence-corrected chi connectivity index (χ1v) is 6.10. The number of hydrogen-bond acceptors (Lipinski definition) is 1. The Balaban J connectivity index is 2.33. The van der Waals surface area contributed by atoms with Crippen molar-refractivity contribution in [1.29, 1.82) is 0 Å². The van der Waals surface area contributed by atoms with Crippen molar-refractivity contribution in [3.8, 4) is 0 Å². The molecule has 0 aliphatic heterocycles. The smallest absolute Gasteiger partial charge is 0.0298 e. The second-order valence-electron chi connectivity index (χ2n) is 4.67. The predicted molar refractivity (Wildman–Crippen MR) is 68.6 cm³/mol. The van der Waals surface area contributed by atoms with Crippen LogP contribution in [0.4, 0.5) is 0 Å². The average molecular weight is 211 g/mol. The number of aryl methyl sites for hydroxylation is 2. The Hall–Kier alpha value is -1.34. The molecule has 3 rings (SSSR count). The Morgan fingerprint density at radius 2 is 1.88 bits per heavy atom. The first-order chi connectivity index (χ1) is 7.81. The van der Waals surface area contributed by atoms with Gasteiger partial charge in [-0.2, -0.15) is 0 Å². The molecule has 2 N–H and O–H groups in total. The van der Waals surface area contributed by atoms with E-state index in [4.69, 9.17) is 5.73 Å². The summed E-state index contributed by atoms with van der Waals surface area (Å²) in [7, 11) is 0. The van der Waals surface area contributed by atoms with Crippen molar-refractivity contribution in [1.82, 2.24) is 0 Å². The largest absolute Gasteiger partial charge is 0.324 e. The maximum atomic E-state index is 6.18. The Morgan fingerprint density at radius 1 is 1.12 bits per heavy atom. The van der Waals surface area contributed by atoms with Gasteiger partial charge >= 0.3 is 0 Å². The minimum absolute atomic E-state index is 0.171. The maximum Gasteiger partial charge on any atom is 0.0298 e. The Kier molecular flexibility index (Phi) is 2.22. The first kappa shape index (κ1) is 9.86. The van der Waals surface area contributed by atoms with Crippen LogP contribution in [0.5, 0.6) is 0 Å². The highest BCUT2D eigenvalue weighted by atomic mass is 14.6. The Morgan fingerprint density at radius 3 is 2.62 bits per heavy atom. The topological polar surface area (TPSA) is 26.0 Å². The molecule has 0 heterocycles. The summed E-state index contributed by atoms with van der Waals surface area (Å²) in [6.07, 6.45) is 3.38. The van der Waals surface area contributed by atoms with Crippen molar-refractivity contribution in [2.24, 2.45) is 5.73 Å². The third kappa shape index (κ3) is 1.28. The molecule has 1 heteroatoms. The van der Waals surface area contributed by atoms with Crippen LogP contribution in [0.25, 0.3) is 10.8 Å². The molecule has 1 aliphatic rings. The van der Waals surface area contributed by atoms with E-state index in [-0.39, 0.29) is 6.04 Å². The van der Waals surface area contributed by atoms with Gasteiger partial charge in [0, 0.05) is 6.04 Å². The van der Waals surface area contributed by atoms with Crippen molar-refractivity contribution in [3.63, 3.8) is 0 Å². The number of hydrogen-bond donors (Lipinski definition) is 1. The van der Waals surface area contributed by atoms with Crippen LogP contribution in [0.3, 0.4) is 0 Å². The standard InChI is InChI=1S/C15H17N/c1-2-14(16)12-9-8-11-7-6-10-4-3-5-13(12)15(10)11/h3-5,8-9,14H,2,6-7,16H2,1H3/t14-/m1/s1. The number of rotatable bonds is 2. The second-order valence-corrected chi connectivity index (χ2v) is 4.67. The zero-order chi connectivity index (χ0) is 11.1. The van der Waals surface area contributed by atoms with E-state index in [1.807, 2.05) is 0 Å². The van der Waals surface area contributed by atoms with Gasteiger partial charge in [0.15, 0.2) is 0 Å². The quantitative estimate of drug-likeness (QED) is 0.810. The molecular formula is C15H17N. The molecular weight excluding hydrogens is 194 g/mol. The van der Waals surface area contributed by atoms with Gasteiger partial charge in [-0.1, -0.05) is 37.3 Å². The summed E-state index contributed by atoms with van der Waals surface area (Å²) in [5.41, 5.74) is 10.5. The fourth-order valence-electron chi connectivity index (χ4n) is 2.81. The lowest BCUT2D eigenvalue weighted by molar-refractivity contribution is 0.704. The van der Waals surface area contributed by atoms with Crippen molar-refractivity contribution in [2.75, 3.05) is 0 Å². The van der Waals surface area contributed by atoms with Crippen LogP contribution >= 0.6 is 0 Å². The van der Waals surface area contributed by atoms with Crippen LogP contribution in [0.1, 0.15) is 36.1 Å². The van der Waals surface area contributed by atoms with Gasteiger partial charge < -0.3 is 5.73 Å². The molecule has 2 aromatic carbocycles. The van der Waals surface area contributed by atoms with Gasteiger partial charge in [0.25, 0.3) is 0 Å². The highest BCUT2D eigenvalue weighted by Crippen LogP contribution is 2.34. The van der Waals surface area contributed by atoms with Gasteiger partial charge in [0.2, 0.25) is 0 Å². The SMILES string of the molecule is CC[C@@H](N)c1ccc2c3c(cccc13)CC2. The van der Waals surface area contributed by atoms with Crippen molar-refractivity contribution >= 4 is 10.8 Å². The van der Waals surface area contributed by atoms with Crippen LogP contribution in [0, 0.1) is 0 Å². The third-order valence-corrected chi connectivity index (χ3v) is 3.75. The van der Waals surface area contributed by atoms with Crippen LogP contribution in [-0.4, -0.2) is 0 Å². The number of nitrogens with two attached hydrogens (primary N) is 1. The zero-order valence-electron chi connectivity index (χ0n) is 9.66. The van der Waals surface area contributed by atoms with E-state index in [9.17, 15) is 0 Å². The van der Waals surface area contributed by atoms with Gasteiger partial charge in [-0.05, 0) is 46.7 Å². The summed E-state index contributed by atoms with van der Waals surface area (Å²) >= 11 is 0. The monoisotopic (exact) mass is 211 g/mol. The summed E-state index contributed by atoms with van der Waals surface area (Å²) in [5.74, 6) is 0. The molecule has 0 unspecified atom stereocenters. The van der Waals surface area contributed by atoms with E-state index in [1.165, 1.54) is 40.3 Å². The van der Waals surface area contributed by atoms with Gasteiger partial charge in [-0.25, -0.2) is 0 Å². The van der Waals surface area contributed by atoms with E-state index < -0.39 is 0 Å². The molecule has 1 atom stereocenters. The molecule has 82 valence electrons. The molecule has 0 radical (unpaired) electrons. The zero-order valence-corrected chi connectivity index (χ0v) is 9.66. The minimum Gasteiger partial charge on any atom is -0.324 e. The molecule has 2 aromatic rings. The lowest BCUT2D eigenvalue weighted by Gasteiger charge is -2.14. The van der Waals surface area contributed by atoms with E-state index in [1.54, 1.807) is 0 Å². The van der Waals surface area contributed by atoms with Crippen LogP contribution in [0.15, 0.2) is 30.3 Å². The summed E-state index contributed by atoms with van der Waals surface area (Å²) in [6.45, 7) is 2.15. The average Bonchev–Trinajstić information content (AvgIpc) is 2.74. The van der Waals surface area contributed by atoms with Gasteiger partial charge in [-0.15, -0.1) is 0 Å².